The highest BCUT2D eigenvalue weighted by molar-refractivity contribution is 6.17. The highest BCUT2D eigenvalue weighted by Gasteiger charge is 2.03. The molecule has 112 valence electrons. The van der Waals surface area contributed by atoms with E-state index in [-0.39, 0.29) is 5.91 Å². The highest BCUT2D eigenvalue weighted by Crippen LogP contribution is 2.24. The number of hydrogen-bond donors (Lipinski definition) is 1. The lowest BCUT2D eigenvalue weighted by molar-refractivity contribution is -0.118. The molecule has 0 radical (unpaired) electrons. The minimum atomic E-state index is 0.000309. The van der Waals surface area contributed by atoms with Crippen molar-refractivity contribution in [2.45, 2.75) is 19.8 Å². The predicted octanol–water partition coefficient (Wildman–Crippen LogP) is 3.53. The zero-order chi connectivity index (χ0) is 15.1. The Balaban J connectivity index is 2.15. The van der Waals surface area contributed by atoms with Gasteiger partial charge in [-0.1, -0.05) is 24.3 Å². The standard InChI is InChI=1S/C17H20ClNO2/c1-13(20)19-10-8-15-5-2-4-14-6-7-16(12-17(14)15)21-11-3-9-18/h2,4-7,12H,3,8-11H2,1H3,(H,19,20). The van der Waals surface area contributed by atoms with E-state index in [2.05, 4.69) is 29.6 Å². The Hall–Kier alpha value is -1.74. The molecule has 0 unspecified atom stereocenters. The first kappa shape index (κ1) is 15.6. The van der Waals surface area contributed by atoms with Crippen molar-refractivity contribution in [3.8, 4) is 5.75 Å². The van der Waals surface area contributed by atoms with E-state index in [0.717, 1.165) is 18.6 Å². The molecular formula is C17H20ClNO2. The number of ether oxygens (including phenoxy) is 1. The molecule has 0 aliphatic carbocycles. The molecule has 3 nitrogen and oxygen atoms in total. The van der Waals surface area contributed by atoms with Gasteiger partial charge in [-0.15, -0.1) is 11.6 Å². The van der Waals surface area contributed by atoms with E-state index in [9.17, 15) is 4.79 Å². The monoisotopic (exact) mass is 305 g/mol. The number of nitrogens with one attached hydrogen (secondary N) is 1. The third kappa shape index (κ3) is 4.64. The molecule has 4 heteroatoms. The molecule has 0 saturated carbocycles. The summed E-state index contributed by atoms with van der Waals surface area (Å²) in [5, 5.41) is 5.18. The first-order chi connectivity index (χ1) is 10.2. The maximum atomic E-state index is 11.0. The van der Waals surface area contributed by atoms with Gasteiger partial charge >= 0.3 is 0 Å². The van der Waals surface area contributed by atoms with Gasteiger partial charge in [0.15, 0.2) is 0 Å². The molecule has 0 aromatic heterocycles. The molecule has 1 N–H and O–H groups in total. The fourth-order valence-electron chi connectivity index (χ4n) is 2.24. The smallest absolute Gasteiger partial charge is 0.216 e. The van der Waals surface area contributed by atoms with Gasteiger partial charge in [-0.2, -0.15) is 0 Å². The quantitative estimate of drug-likeness (QED) is 0.628. The second-order valence-electron chi connectivity index (χ2n) is 4.92. The highest BCUT2D eigenvalue weighted by atomic mass is 35.5. The molecule has 0 aliphatic heterocycles. The molecule has 2 aromatic rings. The van der Waals surface area contributed by atoms with Gasteiger partial charge in [-0.05, 0) is 41.3 Å². The topological polar surface area (TPSA) is 38.3 Å². The van der Waals surface area contributed by atoms with Crippen molar-refractivity contribution in [2.24, 2.45) is 0 Å². The summed E-state index contributed by atoms with van der Waals surface area (Å²) in [6.07, 6.45) is 1.64. The lowest BCUT2D eigenvalue weighted by atomic mass is 10.0. The Morgan fingerprint density at radius 3 is 2.90 bits per heavy atom. The molecule has 1 amide bonds. The number of alkyl halides is 1. The number of carbonyl (C=O) groups excluding carboxylic acids is 1. The van der Waals surface area contributed by atoms with Crippen LogP contribution >= 0.6 is 11.6 Å². The lowest BCUT2D eigenvalue weighted by Gasteiger charge is -2.10. The van der Waals surface area contributed by atoms with Crippen LogP contribution in [0.5, 0.6) is 5.75 Å². The molecule has 0 saturated heterocycles. The molecule has 21 heavy (non-hydrogen) atoms. The van der Waals surface area contributed by atoms with Crippen molar-refractivity contribution >= 4 is 28.3 Å². The number of carbonyl (C=O) groups is 1. The molecule has 0 bridgehead atoms. The SMILES string of the molecule is CC(=O)NCCc1cccc2ccc(OCCCCl)cc12. The van der Waals surface area contributed by atoms with Crippen molar-refractivity contribution in [2.75, 3.05) is 19.0 Å². The van der Waals surface area contributed by atoms with Crippen LogP contribution in [0.15, 0.2) is 36.4 Å². The summed E-state index contributed by atoms with van der Waals surface area (Å²) in [6.45, 7) is 2.81. The number of halogens is 1. The largest absolute Gasteiger partial charge is 0.494 e. The van der Waals surface area contributed by atoms with Crippen LogP contribution in [0.3, 0.4) is 0 Å². The van der Waals surface area contributed by atoms with Gasteiger partial charge < -0.3 is 10.1 Å². The first-order valence-corrected chi connectivity index (χ1v) is 7.69. The second kappa shape index (κ2) is 7.89. The minimum Gasteiger partial charge on any atom is -0.494 e. The molecule has 0 spiro atoms. The Kier molecular flexibility index (Phi) is 5.88. The summed E-state index contributed by atoms with van der Waals surface area (Å²) >= 11 is 5.66. The van der Waals surface area contributed by atoms with E-state index < -0.39 is 0 Å². The van der Waals surface area contributed by atoms with Crippen molar-refractivity contribution in [1.82, 2.24) is 5.32 Å². The maximum Gasteiger partial charge on any atom is 0.216 e. The number of benzene rings is 2. The average Bonchev–Trinajstić information content (AvgIpc) is 2.47. The normalized spacial score (nSPS) is 10.6. The van der Waals surface area contributed by atoms with Gasteiger partial charge in [-0.25, -0.2) is 0 Å². The zero-order valence-electron chi connectivity index (χ0n) is 12.2. The van der Waals surface area contributed by atoms with Crippen LogP contribution in [0.25, 0.3) is 10.8 Å². The molecule has 0 aliphatic rings. The molecule has 0 atom stereocenters. The zero-order valence-corrected chi connectivity index (χ0v) is 13.0. The first-order valence-electron chi connectivity index (χ1n) is 7.15. The van der Waals surface area contributed by atoms with Crippen molar-refractivity contribution in [1.29, 1.82) is 0 Å². The van der Waals surface area contributed by atoms with Crippen LogP contribution in [0, 0.1) is 0 Å². The Morgan fingerprint density at radius 2 is 2.14 bits per heavy atom. The number of fused-ring (bicyclic) bond motifs is 1. The summed E-state index contributed by atoms with van der Waals surface area (Å²) in [5.41, 5.74) is 1.21. The maximum absolute atomic E-state index is 11.0. The third-order valence-corrected chi connectivity index (χ3v) is 3.53. The summed E-state index contributed by atoms with van der Waals surface area (Å²) < 4.78 is 5.70. The minimum absolute atomic E-state index is 0.000309. The predicted molar refractivity (Wildman–Crippen MR) is 87.2 cm³/mol. The fraction of sp³-hybridized carbons (Fsp3) is 0.353. The third-order valence-electron chi connectivity index (χ3n) is 3.26. The molecule has 2 aromatic carbocycles. The Bertz CT molecular complexity index is 613. The summed E-state index contributed by atoms with van der Waals surface area (Å²) in [7, 11) is 0. The van der Waals surface area contributed by atoms with E-state index in [0.29, 0.717) is 19.0 Å². The van der Waals surface area contributed by atoms with Crippen LogP contribution in [-0.2, 0) is 11.2 Å². The van der Waals surface area contributed by atoms with Gasteiger partial charge in [0.2, 0.25) is 5.91 Å². The van der Waals surface area contributed by atoms with Crippen LogP contribution in [0.4, 0.5) is 0 Å². The van der Waals surface area contributed by atoms with E-state index in [1.165, 1.54) is 23.3 Å². The van der Waals surface area contributed by atoms with Crippen LogP contribution in [0.1, 0.15) is 18.9 Å². The molecule has 0 fully saturated rings. The van der Waals surface area contributed by atoms with Crippen LogP contribution in [0.2, 0.25) is 0 Å². The van der Waals surface area contributed by atoms with Gasteiger partial charge in [0.25, 0.3) is 0 Å². The number of amides is 1. The van der Waals surface area contributed by atoms with E-state index in [4.69, 9.17) is 16.3 Å². The van der Waals surface area contributed by atoms with E-state index >= 15 is 0 Å². The Labute approximate surface area is 130 Å². The second-order valence-corrected chi connectivity index (χ2v) is 5.30. The average molecular weight is 306 g/mol. The van der Waals surface area contributed by atoms with Gasteiger partial charge in [0.05, 0.1) is 6.61 Å². The summed E-state index contributed by atoms with van der Waals surface area (Å²) in [4.78, 5) is 11.0. The fourth-order valence-corrected chi connectivity index (χ4v) is 2.35. The lowest BCUT2D eigenvalue weighted by Crippen LogP contribution is -2.22. The number of hydrogen-bond acceptors (Lipinski definition) is 2. The Morgan fingerprint density at radius 1 is 1.29 bits per heavy atom. The van der Waals surface area contributed by atoms with Gasteiger partial charge in [0.1, 0.15) is 5.75 Å². The molecule has 2 rings (SSSR count). The van der Waals surface area contributed by atoms with Crippen molar-refractivity contribution < 1.29 is 9.53 Å². The summed E-state index contributed by atoms with van der Waals surface area (Å²) in [5.74, 6) is 1.47. The van der Waals surface area contributed by atoms with Gasteiger partial charge in [0, 0.05) is 19.3 Å². The molecule has 0 heterocycles. The van der Waals surface area contributed by atoms with E-state index in [1.807, 2.05) is 12.1 Å². The van der Waals surface area contributed by atoms with Gasteiger partial charge in [-0.3, -0.25) is 4.79 Å². The van der Waals surface area contributed by atoms with Crippen molar-refractivity contribution in [3.05, 3.63) is 42.0 Å². The summed E-state index contributed by atoms with van der Waals surface area (Å²) in [6, 6.07) is 12.3. The number of rotatable bonds is 7. The van der Waals surface area contributed by atoms with E-state index in [1.54, 1.807) is 0 Å². The van der Waals surface area contributed by atoms with Crippen LogP contribution < -0.4 is 10.1 Å². The molecular weight excluding hydrogens is 286 g/mol. The van der Waals surface area contributed by atoms with Crippen LogP contribution in [-0.4, -0.2) is 24.9 Å². The van der Waals surface area contributed by atoms with Crippen molar-refractivity contribution in [3.63, 3.8) is 0 Å².